The molecule has 0 unspecified atom stereocenters. The summed E-state index contributed by atoms with van der Waals surface area (Å²) in [6, 6.07) is 5.78. The van der Waals surface area contributed by atoms with Gasteiger partial charge >= 0.3 is 5.97 Å². The van der Waals surface area contributed by atoms with Crippen molar-refractivity contribution in [2.75, 3.05) is 13.6 Å². The van der Waals surface area contributed by atoms with Gasteiger partial charge in [-0.15, -0.1) is 0 Å². The second-order valence-corrected chi connectivity index (χ2v) is 4.07. The van der Waals surface area contributed by atoms with E-state index in [0.717, 1.165) is 11.1 Å². The van der Waals surface area contributed by atoms with Crippen LogP contribution in [-0.4, -0.2) is 29.6 Å². The quantitative estimate of drug-likeness (QED) is 0.857. The van der Waals surface area contributed by atoms with E-state index in [1.54, 1.807) is 11.9 Å². The Bertz CT molecular complexity index is 366. The second-order valence-electron chi connectivity index (χ2n) is 3.66. The number of carboxylic acids is 1. The maximum absolute atomic E-state index is 10.5. The van der Waals surface area contributed by atoms with Gasteiger partial charge in [0.05, 0.1) is 6.54 Å². The van der Waals surface area contributed by atoms with Crippen LogP contribution >= 0.6 is 11.6 Å². The van der Waals surface area contributed by atoms with Crippen molar-refractivity contribution in [3.63, 3.8) is 0 Å². The number of rotatable bonds is 4. The molecular formula is C11H14ClNO2. The van der Waals surface area contributed by atoms with Crippen LogP contribution in [0.1, 0.15) is 11.1 Å². The fourth-order valence-electron chi connectivity index (χ4n) is 1.36. The summed E-state index contributed by atoms with van der Waals surface area (Å²) in [6.07, 6.45) is 0. The predicted molar refractivity (Wildman–Crippen MR) is 60.2 cm³/mol. The van der Waals surface area contributed by atoms with Crippen LogP contribution in [0.2, 0.25) is 5.02 Å². The lowest BCUT2D eigenvalue weighted by molar-refractivity contribution is -0.138. The first-order chi connectivity index (χ1) is 6.99. The number of halogens is 1. The van der Waals surface area contributed by atoms with Crippen molar-refractivity contribution < 1.29 is 9.90 Å². The summed E-state index contributed by atoms with van der Waals surface area (Å²) in [5.74, 6) is -0.833. The van der Waals surface area contributed by atoms with Crippen molar-refractivity contribution in [3.8, 4) is 0 Å². The monoisotopic (exact) mass is 227 g/mol. The van der Waals surface area contributed by atoms with Gasteiger partial charge < -0.3 is 5.11 Å². The lowest BCUT2D eigenvalue weighted by atomic mass is 10.1. The predicted octanol–water partition coefficient (Wildman–Crippen LogP) is 2.16. The highest BCUT2D eigenvalue weighted by atomic mass is 35.5. The minimum Gasteiger partial charge on any atom is -0.480 e. The summed E-state index contributed by atoms with van der Waals surface area (Å²) in [4.78, 5) is 12.2. The van der Waals surface area contributed by atoms with E-state index >= 15 is 0 Å². The molecule has 3 nitrogen and oxygen atoms in total. The van der Waals surface area contributed by atoms with Crippen LogP contribution in [0.25, 0.3) is 0 Å². The number of nitrogens with zero attached hydrogens (tertiary/aromatic N) is 1. The van der Waals surface area contributed by atoms with Crippen LogP contribution in [0, 0.1) is 6.92 Å². The molecule has 1 aromatic carbocycles. The Balaban J connectivity index is 2.68. The Morgan fingerprint density at radius 2 is 2.20 bits per heavy atom. The summed E-state index contributed by atoms with van der Waals surface area (Å²) in [5.41, 5.74) is 2.05. The Morgan fingerprint density at radius 1 is 1.53 bits per heavy atom. The fraction of sp³-hybridized carbons (Fsp3) is 0.364. The van der Waals surface area contributed by atoms with E-state index < -0.39 is 5.97 Å². The van der Waals surface area contributed by atoms with Gasteiger partial charge in [-0.05, 0) is 31.2 Å². The SMILES string of the molecule is Cc1ccc(CN(C)CC(=O)O)c(Cl)c1. The third-order valence-corrected chi connectivity index (χ3v) is 2.41. The van der Waals surface area contributed by atoms with Gasteiger partial charge in [0.15, 0.2) is 0 Å². The highest BCUT2D eigenvalue weighted by Crippen LogP contribution is 2.18. The smallest absolute Gasteiger partial charge is 0.317 e. The molecule has 0 saturated heterocycles. The molecule has 0 aromatic heterocycles. The molecule has 0 aliphatic carbocycles. The molecule has 0 bridgehead atoms. The normalized spacial score (nSPS) is 10.7. The zero-order valence-electron chi connectivity index (χ0n) is 8.83. The number of hydrogen-bond donors (Lipinski definition) is 1. The lowest BCUT2D eigenvalue weighted by Crippen LogP contribution is -2.25. The maximum Gasteiger partial charge on any atom is 0.317 e. The van der Waals surface area contributed by atoms with E-state index in [1.165, 1.54) is 0 Å². The van der Waals surface area contributed by atoms with Crippen LogP contribution in [-0.2, 0) is 11.3 Å². The number of likely N-dealkylation sites (N-methyl/N-ethyl adjacent to an activating group) is 1. The molecule has 82 valence electrons. The second kappa shape index (κ2) is 5.14. The molecular weight excluding hydrogens is 214 g/mol. The summed E-state index contributed by atoms with van der Waals surface area (Å²) in [6.45, 7) is 2.53. The number of hydrogen-bond acceptors (Lipinski definition) is 2. The van der Waals surface area contributed by atoms with Crippen molar-refractivity contribution in [3.05, 3.63) is 34.3 Å². The average Bonchev–Trinajstić information content (AvgIpc) is 2.08. The average molecular weight is 228 g/mol. The fourth-order valence-corrected chi connectivity index (χ4v) is 1.65. The Hall–Kier alpha value is -1.06. The number of aryl methyl sites for hydroxylation is 1. The van der Waals surface area contributed by atoms with Gasteiger partial charge in [-0.2, -0.15) is 0 Å². The largest absolute Gasteiger partial charge is 0.480 e. The molecule has 1 aromatic rings. The number of carbonyl (C=O) groups is 1. The number of carboxylic acid groups (broad SMARTS) is 1. The lowest BCUT2D eigenvalue weighted by Gasteiger charge is -2.15. The molecule has 1 N–H and O–H groups in total. The highest BCUT2D eigenvalue weighted by molar-refractivity contribution is 6.31. The van der Waals surface area contributed by atoms with Crippen LogP contribution in [0.4, 0.5) is 0 Å². The Morgan fingerprint density at radius 3 is 2.73 bits per heavy atom. The topological polar surface area (TPSA) is 40.5 Å². The summed E-state index contributed by atoms with van der Waals surface area (Å²) < 4.78 is 0. The van der Waals surface area contributed by atoms with E-state index in [9.17, 15) is 4.79 Å². The van der Waals surface area contributed by atoms with Crippen LogP contribution in [0.15, 0.2) is 18.2 Å². The molecule has 0 atom stereocenters. The van der Waals surface area contributed by atoms with E-state index in [0.29, 0.717) is 11.6 Å². The molecule has 0 heterocycles. The van der Waals surface area contributed by atoms with Crippen LogP contribution in [0.5, 0.6) is 0 Å². The minimum atomic E-state index is -0.833. The van der Waals surface area contributed by atoms with Gasteiger partial charge in [0.25, 0.3) is 0 Å². The molecule has 0 aliphatic heterocycles. The molecule has 0 aliphatic rings. The van der Waals surface area contributed by atoms with E-state index in [2.05, 4.69) is 0 Å². The van der Waals surface area contributed by atoms with Crippen molar-refractivity contribution >= 4 is 17.6 Å². The first kappa shape index (κ1) is 12.0. The molecule has 4 heteroatoms. The molecule has 0 saturated carbocycles. The van der Waals surface area contributed by atoms with Crippen molar-refractivity contribution in [1.82, 2.24) is 4.90 Å². The van der Waals surface area contributed by atoms with Gasteiger partial charge in [0, 0.05) is 11.6 Å². The van der Waals surface area contributed by atoms with Gasteiger partial charge in [-0.25, -0.2) is 0 Å². The minimum absolute atomic E-state index is 0.0181. The van der Waals surface area contributed by atoms with Gasteiger partial charge in [-0.3, -0.25) is 9.69 Å². The Kier molecular flexibility index (Phi) is 4.12. The molecule has 0 fully saturated rings. The van der Waals surface area contributed by atoms with Gasteiger partial charge in [0.2, 0.25) is 0 Å². The zero-order valence-corrected chi connectivity index (χ0v) is 9.58. The van der Waals surface area contributed by atoms with Gasteiger partial charge in [-0.1, -0.05) is 23.7 Å². The summed E-state index contributed by atoms with van der Waals surface area (Å²) in [5, 5.41) is 9.29. The summed E-state index contributed by atoms with van der Waals surface area (Å²) in [7, 11) is 1.75. The van der Waals surface area contributed by atoms with E-state index in [-0.39, 0.29) is 6.54 Å². The number of benzene rings is 1. The van der Waals surface area contributed by atoms with Crippen LogP contribution < -0.4 is 0 Å². The Labute approximate surface area is 94.3 Å². The summed E-state index contributed by atoms with van der Waals surface area (Å²) >= 11 is 6.04. The molecule has 0 spiro atoms. The van der Waals surface area contributed by atoms with Crippen molar-refractivity contribution in [2.45, 2.75) is 13.5 Å². The first-order valence-electron chi connectivity index (χ1n) is 4.64. The van der Waals surface area contributed by atoms with Crippen molar-refractivity contribution in [1.29, 1.82) is 0 Å². The molecule has 1 rings (SSSR count). The maximum atomic E-state index is 10.5. The highest BCUT2D eigenvalue weighted by Gasteiger charge is 2.07. The molecule has 0 radical (unpaired) electrons. The standard InChI is InChI=1S/C11H14ClNO2/c1-8-3-4-9(10(12)5-8)6-13(2)7-11(14)15/h3-5H,6-7H2,1-2H3,(H,14,15). The zero-order chi connectivity index (χ0) is 11.4. The molecule has 0 amide bonds. The third kappa shape index (κ3) is 3.90. The first-order valence-corrected chi connectivity index (χ1v) is 5.02. The molecule has 15 heavy (non-hydrogen) atoms. The van der Waals surface area contributed by atoms with Crippen molar-refractivity contribution in [2.24, 2.45) is 0 Å². The van der Waals surface area contributed by atoms with Crippen LogP contribution in [0.3, 0.4) is 0 Å². The van der Waals surface area contributed by atoms with E-state index in [1.807, 2.05) is 25.1 Å². The number of aliphatic carboxylic acids is 1. The third-order valence-electron chi connectivity index (χ3n) is 2.05. The van der Waals surface area contributed by atoms with Gasteiger partial charge in [0.1, 0.15) is 0 Å². The van der Waals surface area contributed by atoms with E-state index in [4.69, 9.17) is 16.7 Å².